The molecule has 25 heavy (non-hydrogen) atoms. The Balaban J connectivity index is 1.82. The lowest BCUT2D eigenvalue weighted by molar-refractivity contribution is -0.384. The summed E-state index contributed by atoms with van der Waals surface area (Å²) < 4.78 is 1.87. The minimum absolute atomic E-state index is 0.0180. The average molecular weight is 335 g/mol. The first-order valence-corrected chi connectivity index (χ1v) is 7.71. The molecule has 0 unspecified atom stereocenters. The molecule has 0 spiro atoms. The molecular formula is C18H17N5O2. The Morgan fingerprint density at radius 3 is 2.64 bits per heavy atom. The van der Waals surface area contributed by atoms with Crippen molar-refractivity contribution in [1.29, 1.82) is 0 Å². The highest BCUT2D eigenvalue weighted by molar-refractivity contribution is 5.83. The first-order valence-electron chi connectivity index (χ1n) is 7.71. The van der Waals surface area contributed by atoms with Crippen LogP contribution in [0.4, 0.5) is 11.4 Å². The van der Waals surface area contributed by atoms with Crippen molar-refractivity contribution in [1.82, 2.24) is 9.78 Å². The predicted molar refractivity (Wildman–Crippen MR) is 97.4 cm³/mol. The van der Waals surface area contributed by atoms with Gasteiger partial charge in [0.15, 0.2) is 0 Å². The van der Waals surface area contributed by atoms with Crippen molar-refractivity contribution < 1.29 is 4.92 Å². The van der Waals surface area contributed by atoms with Crippen LogP contribution < -0.4 is 5.43 Å². The van der Waals surface area contributed by atoms with E-state index in [1.165, 1.54) is 12.1 Å². The van der Waals surface area contributed by atoms with E-state index in [4.69, 9.17) is 0 Å². The zero-order valence-electron chi connectivity index (χ0n) is 13.9. The van der Waals surface area contributed by atoms with Crippen LogP contribution in [0.15, 0.2) is 59.7 Å². The van der Waals surface area contributed by atoms with Gasteiger partial charge in [0.2, 0.25) is 0 Å². The fraction of sp³-hybridized carbons (Fsp3) is 0.111. The number of aryl methyl sites for hydroxylation is 1. The third-order valence-corrected chi connectivity index (χ3v) is 3.79. The number of nitrogens with one attached hydrogen (secondary N) is 1. The maximum Gasteiger partial charge on any atom is 0.271 e. The van der Waals surface area contributed by atoms with E-state index in [1.807, 2.05) is 48.9 Å². The Kier molecular flexibility index (Phi) is 4.56. The molecule has 7 nitrogen and oxygen atoms in total. The molecule has 0 atom stereocenters. The molecular weight excluding hydrogens is 318 g/mol. The molecule has 0 fully saturated rings. The molecule has 1 N–H and O–H groups in total. The number of benzene rings is 2. The molecule has 0 aliphatic heterocycles. The van der Waals surface area contributed by atoms with Gasteiger partial charge in [-0.15, -0.1) is 0 Å². The topological polar surface area (TPSA) is 85.3 Å². The summed E-state index contributed by atoms with van der Waals surface area (Å²) in [4.78, 5) is 10.4. The number of rotatable bonds is 5. The molecule has 0 bridgehead atoms. The zero-order chi connectivity index (χ0) is 17.8. The maximum absolute atomic E-state index is 10.8. The Labute approximate surface area is 144 Å². The van der Waals surface area contributed by atoms with Crippen LogP contribution in [0, 0.1) is 24.0 Å². The van der Waals surface area contributed by atoms with Crippen molar-refractivity contribution in [2.75, 3.05) is 5.43 Å². The third-order valence-electron chi connectivity index (χ3n) is 3.79. The van der Waals surface area contributed by atoms with Crippen LogP contribution in [0.5, 0.6) is 0 Å². The van der Waals surface area contributed by atoms with E-state index in [0.29, 0.717) is 5.69 Å². The Morgan fingerprint density at radius 1 is 1.16 bits per heavy atom. The summed E-state index contributed by atoms with van der Waals surface area (Å²) in [6.07, 6.45) is 1.68. The highest BCUT2D eigenvalue weighted by atomic mass is 16.6. The van der Waals surface area contributed by atoms with E-state index in [1.54, 1.807) is 18.3 Å². The van der Waals surface area contributed by atoms with E-state index in [2.05, 4.69) is 15.6 Å². The van der Waals surface area contributed by atoms with Crippen molar-refractivity contribution in [3.8, 4) is 5.69 Å². The molecule has 1 heterocycles. The molecule has 7 heteroatoms. The van der Waals surface area contributed by atoms with Crippen LogP contribution in [0.25, 0.3) is 5.69 Å². The van der Waals surface area contributed by atoms with Crippen LogP contribution in [0.3, 0.4) is 0 Å². The van der Waals surface area contributed by atoms with Crippen LogP contribution >= 0.6 is 0 Å². The summed E-state index contributed by atoms with van der Waals surface area (Å²) in [5.74, 6) is 0. The van der Waals surface area contributed by atoms with Gasteiger partial charge in [0.1, 0.15) is 0 Å². The molecule has 0 amide bonds. The van der Waals surface area contributed by atoms with E-state index < -0.39 is 4.92 Å². The predicted octanol–water partition coefficient (Wildman–Crippen LogP) is 3.84. The highest BCUT2D eigenvalue weighted by Crippen LogP contribution is 2.18. The number of nitro groups is 1. The molecule has 0 aliphatic carbocycles. The van der Waals surface area contributed by atoms with E-state index >= 15 is 0 Å². The van der Waals surface area contributed by atoms with E-state index in [0.717, 1.165) is 22.6 Å². The average Bonchev–Trinajstić information content (AvgIpc) is 2.91. The third kappa shape index (κ3) is 3.55. The second-order valence-electron chi connectivity index (χ2n) is 5.51. The van der Waals surface area contributed by atoms with E-state index in [9.17, 15) is 10.1 Å². The fourth-order valence-electron chi connectivity index (χ4n) is 2.52. The SMILES string of the molecule is Cc1nn(-c2ccccc2)c(C)c1C=NNc1cccc([N+](=O)[O-])c1. The van der Waals surface area contributed by atoms with Gasteiger partial charge >= 0.3 is 0 Å². The molecule has 126 valence electrons. The van der Waals surface area contributed by atoms with Gasteiger partial charge < -0.3 is 0 Å². The second kappa shape index (κ2) is 6.96. The van der Waals surface area contributed by atoms with Gasteiger partial charge in [-0.3, -0.25) is 15.5 Å². The lowest BCUT2D eigenvalue weighted by Crippen LogP contribution is -1.99. The van der Waals surface area contributed by atoms with Gasteiger partial charge in [-0.25, -0.2) is 4.68 Å². The number of aromatic nitrogens is 2. The van der Waals surface area contributed by atoms with Crippen LogP contribution in [-0.2, 0) is 0 Å². The van der Waals surface area contributed by atoms with Crippen molar-refractivity contribution >= 4 is 17.6 Å². The first-order chi connectivity index (χ1) is 12.1. The normalized spacial score (nSPS) is 11.0. The lowest BCUT2D eigenvalue weighted by Gasteiger charge is -2.03. The van der Waals surface area contributed by atoms with E-state index in [-0.39, 0.29) is 5.69 Å². The van der Waals surface area contributed by atoms with Crippen molar-refractivity contribution in [2.24, 2.45) is 5.10 Å². The van der Waals surface area contributed by atoms with Gasteiger partial charge in [0.05, 0.1) is 33.9 Å². The number of anilines is 1. The fourth-order valence-corrected chi connectivity index (χ4v) is 2.52. The molecule has 3 aromatic rings. The maximum atomic E-state index is 10.8. The Bertz CT molecular complexity index is 932. The molecule has 0 aliphatic rings. The van der Waals surface area contributed by atoms with Gasteiger partial charge in [-0.05, 0) is 32.0 Å². The number of para-hydroxylation sites is 1. The second-order valence-corrected chi connectivity index (χ2v) is 5.51. The molecule has 2 aromatic carbocycles. The zero-order valence-corrected chi connectivity index (χ0v) is 13.9. The monoisotopic (exact) mass is 335 g/mol. The smallest absolute Gasteiger partial charge is 0.271 e. The summed E-state index contributed by atoms with van der Waals surface area (Å²) in [6.45, 7) is 3.89. The Morgan fingerprint density at radius 2 is 1.92 bits per heavy atom. The summed E-state index contributed by atoms with van der Waals surface area (Å²) in [6, 6.07) is 16.1. The molecule has 0 saturated carbocycles. The number of hydrazone groups is 1. The minimum atomic E-state index is -0.437. The number of hydrogen-bond acceptors (Lipinski definition) is 5. The number of nitrogens with zero attached hydrogens (tertiary/aromatic N) is 4. The summed E-state index contributed by atoms with van der Waals surface area (Å²) >= 11 is 0. The number of non-ortho nitro benzene ring substituents is 1. The van der Waals surface area contributed by atoms with Crippen molar-refractivity contribution in [3.05, 3.63) is 81.7 Å². The standard InChI is InChI=1S/C18H17N5O2/c1-13-18(14(2)22(21-13)16-8-4-3-5-9-16)12-19-20-15-7-6-10-17(11-15)23(24)25/h3-12,20H,1-2H3. The largest absolute Gasteiger partial charge is 0.278 e. The first kappa shape index (κ1) is 16.4. The van der Waals surface area contributed by atoms with Gasteiger partial charge in [-0.1, -0.05) is 24.3 Å². The van der Waals surface area contributed by atoms with Gasteiger partial charge in [-0.2, -0.15) is 10.2 Å². The molecule has 1 aromatic heterocycles. The lowest BCUT2D eigenvalue weighted by atomic mass is 10.2. The van der Waals surface area contributed by atoms with Crippen LogP contribution in [0.1, 0.15) is 17.0 Å². The van der Waals surface area contributed by atoms with Crippen LogP contribution in [-0.4, -0.2) is 20.9 Å². The van der Waals surface area contributed by atoms with Crippen LogP contribution in [0.2, 0.25) is 0 Å². The highest BCUT2D eigenvalue weighted by Gasteiger charge is 2.11. The Hall–Kier alpha value is -3.48. The van der Waals surface area contributed by atoms with Gasteiger partial charge in [0, 0.05) is 17.7 Å². The number of nitro benzene ring substituents is 1. The molecule has 3 rings (SSSR count). The van der Waals surface area contributed by atoms with Gasteiger partial charge in [0.25, 0.3) is 5.69 Å². The molecule has 0 radical (unpaired) electrons. The summed E-state index contributed by atoms with van der Waals surface area (Å²) in [7, 11) is 0. The summed E-state index contributed by atoms with van der Waals surface area (Å²) in [5.41, 5.74) is 7.09. The summed E-state index contributed by atoms with van der Waals surface area (Å²) in [5, 5.41) is 19.5. The quantitative estimate of drug-likeness (QED) is 0.436. The van der Waals surface area contributed by atoms with Crippen molar-refractivity contribution in [3.63, 3.8) is 0 Å². The minimum Gasteiger partial charge on any atom is -0.278 e. The van der Waals surface area contributed by atoms with Crippen molar-refractivity contribution in [2.45, 2.75) is 13.8 Å². The number of hydrogen-bond donors (Lipinski definition) is 1. The molecule has 0 saturated heterocycles.